The van der Waals surface area contributed by atoms with Gasteiger partial charge in [0, 0.05) is 12.8 Å². The molecule has 0 radical (unpaired) electrons. The zero-order chi connectivity index (χ0) is 24.5. The van der Waals surface area contributed by atoms with Gasteiger partial charge >= 0.3 is 11.9 Å². The van der Waals surface area contributed by atoms with Gasteiger partial charge in [-0.15, -0.1) is 0 Å². The molecule has 3 aliphatic carbocycles. The number of esters is 2. The minimum atomic E-state index is -0.419. The van der Waals surface area contributed by atoms with Gasteiger partial charge in [-0.3, -0.25) is 9.59 Å². The molecule has 2 heterocycles. The highest BCUT2D eigenvalue weighted by Gasteiger charge is 2.62. The summed E-state index contributed by atoms with van der Waals surface area (Å²) in [5, 5.41) is 0. The predicted octanol–water partition coefficient (Wildman–Crippen LogP) is 5.35. The fourth-order valence-electron chi connectivity index (χ4n) is 6.89. The summed E-state index contributed by atoms with van der Waals surface area (Å²) >= 11 is 0. The maximum Gasteiger partial charge on any atom is 0.309 e. The molecule has 34 heavy (non-hydrogen) atoms. The lowest BCUT2D eigenvalue weighted by Gasteiger charge is -2.42. The second-order valence-electron chi connectivity index (χ2n) is 13.1. The van der Waals surface area contributed by atoms with Gasteiger partial charge in [-0.05, 0) is 77.0 Å². The fraction of sp³-hybridized carbons (Fsp3) is 0.929. The van der Waals surface area contributed by atoms with Crippen LogP contribution < -0.4 is 0 Å². The summed E-state index contributed by atoms with van der Waals surface area (Å²) in [7, 11) is 0. The highest BCUT2D eigenvalue weighted by molar-refractivity contribution is 5.76. The van der Waals surface area contributed by atoms with E-state index in [2.05, 4.69) is 41.5 Å². The lowest BCUT2D eigenvalue weighted by Crippen LogP contribution is -2.48. The van der Waals surface area contributed by atoms with E-state index in [1.807, 2.05) is 0 Å². The Morgan fingerprint density at radius 1 is 0.676 bits per heavy atom. The van der Waals surface area contributed by atoms with Crippen LogP contribution in [-0.4, -0.2) is 46.6 Å². The van der Waals surface area contributed by atoms with E-state index in [4.69, 9.17) is 18.9 Å². The first-order chi connectivity index (χ1) is 15.9. The number of ether oxygens (including phenoxy) is 4. The third kappa shape index (κ3) is 4.21. The molecule has 6 heteroatoms. The quantitative estimate of drug-likeness (QED) is 0.380. The Morgan fingerprint density at radius 2 is 1.03 bits per heavy atom. The largest absolute Gasteiger partial charge is 0.458 e. The zero-order valence-electron chi connectivity index (χ0n) is 22.0. The maximum absolute atomic E-state index is 13.2. The van der Waals surface area contributed by atoms with Gasteiger partial charge in [0.05, 0.1) is 35.2 Å². The van der Waals surface area contributed by atoms with E-state index in [0.29, 0.717) is 25.7 Å². The molecule has 2 saturated heterocycles. The number of hydrogen-bond donors (Lipinski definition) is 0. The Labute approximate surface area is 204 Å². The van der Waals surface area contributed by atoms with Crippen LogP contribution in [0, 0.1) is 23.7 Å². The average Bonchev–Trinajstić information content (AvgIpc) is 3.66. The average molecular weight is 477 g/mol. The number of carbonyl (C=O) groups is 2. The maximum atomic E-state index is 13.2. The van der Waals surface area contributed by atoms with Crippen molar-refractivity contribution in [3.63, 3.8) is 0 Å². The van der Waals surface area contributed by atoms with Crippen LogP contribution in [0.5, 0.6) is 0 Å². The molecule has 3 saturated carbocycles. The van der Waals surface area contributed by atoms with Gasteiger partial charge in [0.2, 0.25) is 0 Å². The summed E-state index contributed by atoms with van der Waals surface area (Å²) in [5.41, 5.74) is -0.840. The van der Waals surface area contributed by atoms with Crippen LogP contribution in [0.25, 0.3) is 0 Å². The molecule has 4 unspecified atom stereocenters. The van der Waals surface area contributed by atoms with Crippen molar-refractivity contribution in [1.29, 1.82) is 0 Å². The molecule has 0 spiro atoms. The third-order valence-electron chi connectivity index (χ3n) is 10.3. The van der Waals surface area contributed by atoms with Crippen LogP contribution in [0.4, 0.5) is 0 Å². The topological polar surface area (TPSA) is 77.7 Å². The van der Waals surface area contributed by atoms with Crippen LogP contribution in [0.15, 0.2) is 0 Å². The molecule has 6 atom stereocenters. The van der Waals surface area contributed by atoms with Crippen molar-refractivity contribution in [2.24, 2.45) is 23.7 Å². The van der Waals surface area contributed by atoms with Gasteiger partial charge in [0.25, 0.3) is 0 Å². The van der Waals surface area contributed by atoms with Gasteiger partial charge < -0.3 is 18.9 Å². The second-order valence-corrected chi connectivity index (χ2v) is 13.1. The van der Waals surface area contributed by atoms with Gasteiger partial charge in [-0.2, -0.15) is 0 Å². The molecule has 0 N–H and O–H groups in total. The van der Waals surface area contributed by atoms with E-state index >= 15 is 0 Å². The number of hydrogen-bond acceptors (Lipinski definition) is 6. The van der Waals surface area contributed by atoms with Crippen LogP contribution in [0.2, 0.25) is 0 Å². The van der Waals surface area contributed by atoms with Gasteiger partial charge in [0.1, 0.15) is 11.2 Å². The van der Waals surface area contributed by atoms with Crippen molar-refractivity contribution in [1.82, 2.24) is 0 Å². The minimum Gasteiger partial charge on any atom is -0.458 e. The van der Waals surface area contributed by atoms with E-state index in [1.54, 1.807) is 0 Å². The van der Waals surface area contributed by atoms with Crippen molar-refractivity contribution in [3.8, 4) is 0 Å². The van der Waals surface area contributed by atoms with E-state index in [9.17, 15) is 9.59 Å². The first-order valence-corrected chi connectivity index (χ1v) is 13.7. The Bertz CT molecular complexity index is 763. The summed E-state index contributed by atoms with van der Waals surface area (Å²) in [4.78, 5) is 26.4. The lowest BCUT2D eigenvalue weighted by atomic mass is 9.73. The number of fused-ring (bicyclic) bond motifs is 2. The summed E-state index contributed by atoms with van der Waals surface area (Å²) in [6.45, 7) is 12.9. The number of epoxide rings is 2. The van der Waals surface area contributed by atoms with E-state index in [0.717, 1.165) is 38.5 Å². The van der Waals surface area contributed by atoms with E-state index in [1.165, 1.54) is 0 Å². The fourth-order valence-corrected chi connectivity index (χ4v) is 6.89. The van der Waals surface area contributed by atoms with Crippen LogP contribution in [-0.2, 0) is 28.5 Å². The molecule has 0 aromatic carbocycles. The van der Waals surface area contributed by atoms with Crippen LogP contribution in [0.1, 0.15) is 106 Å². The minimum absolute atomic E-state index is 0.000837. The molecule has 0 bridgehead atoms. The summed E-state index contributed by atoms with van der Waals surface area (Å²) < 4.78 is 24.3. The summed E-state index contributed by atoms with van der Waals surface area (Å²) in [6.07, 6.45) is 8.46. The lowest BCUT2D eigenvalue weighted by molar-refractivity contribution is -0.181. The molecule has 5 rings (SSSR count). The van der Waals surface area contributed by atoms with Crippen molar-refractivity contribution in [2.45, 2.75) is 140 Å². The first-order valence-electron chi connectivity index (χ1n) is 13.7. The number of carbonyl (C=O) groups excluding carboxylic acids is 2. The first kappa shape index (κ1) is 24.5. The van der Waals surface area contributed by atoms with E-state index in [-0.39, 0.29) is 59.0 Å². The van der Waals surface area contributed by atoms with Crippen molar-refractivity contribution >= 4 is 11.9 Å². The Hall–Kier alpha value is -1.14. The molecule has 6 nitrogen and oxygen atoms in total. The third-order valence-corrected chi connectivity index (χ3v) is 10.3. The Morgan fingerprint density at radius 3 is 1.32 bits per heavy atom. The zero-order valence-corrected chi connectivity index (χ0v) is 22.0. The second kappa shape index (κ2) is 8.19. The number of rotatable bonds is 6. The predicted molar refractivity (Wildman–Crippen MR) is 127 cm³/mol. The molecule has 0 aromatic rings. The van der Waals surface area contributed by atoms with Crippen molar-refractivity contribution in [2.75, 3.05) is 0 Å². The highest BCUT2D eigenvalue weighted by Crippen LogP contribution is 2.55. The molecule has 2 aliphatic heterocycles. The molecule has 0 aromatic heterocycles. The smallest absolute Gasteiger partial charge is 0.309 e. The van der Waals surface area contributed by atoms with Gasteiger partial charge in [0.15, 0.2) is 0 Å². The molecular formula is C28H44O6. The van der Waals surface area contributed by atoms with E-state index < -0.39 is 11.2 Å². The Kier molecular flexibility index (Phi) is 5.91. The monoisotopic (exact) mass is 476 g/mol. The van der Waals surface area contributed by atoms with Crippen LogP contribution in [0.3, 0.4) is 0 Å². The van der Waals surface area contributed by atoms with Gasteiger partial charge in [-0.25, -0.2) is 0 Å². The van der Waals surface area contributed by atoms with Crippen molar-refractivity contribution < 1.29 is 28.5 Å². The molecule has 5 aliphatic rings. The van der Waals surface area contributed by atoms with Crippen LogP contribution >= 0.6 is 0 Å². The highest BCUT2D eigenvalue weighted by atomic mass is 16.6. The summed E-state index contributed by atoms with van der Waals surface area (Å²) in [5.74, 6) is 0.111. The molecular weight excluding hydrogens is 432 g/mol. The van der Waals surface area contributed by atoms with Crippen molar-refractivity contribution in [3.05, 3.63) is 0 Å². The standard InChI is InChI=1S/C28H44O6/c1-17(2)27(13-11-25(5)21(15-27)31-25)33-23(29)19-7-9-20(10-8-19)24(30)34-28(18(3)4)14-12-26(6)22(16-28)32-26/h17-22H,7-16H2,1-6H3/t19?,20?,21?,22?,25?,26?,27-,28+. The SMILES string of the molecule is CC(C)[C@@]1(OC(=O)C2CCC(C(=O)O[C@@]3(C(C)C)CCC4(C)OC4C3)CC2)CCC2(C)OC2C1. The normalized spacial score (nSPS) is 47.5. The molecule has 5 fully saturated rings. The molecule has 192 valence electrons. The summed E-state index contributed by atoms with van der Waals surface area (Å²) in [6, 6.07) is 0. The Balaban J connectivity index is 1.14. The molecule has 0 amide bonds. The van der Waals surface area contributed by atoms with Gasteiger partial charge in [-0.1, -0.05) is 27.7 Å².